The van der Waals surface area contributed by atoms with Gasteiger partial charge in [0.2, 0.25) is 10.0 Å². The predicted molar refractivity (Wildman–Crippen MR) is 159 cm³/mol. The highest BCUT2D eigenvalue weighted by Gasteiger charge is 2.26. The van der Waals surface area contributed by atoms with Crippen LogP contribution in [-0.4, -0.2) is 57.3 Å². The number of likely N-dealkylation sites (N-methyl/N-ethyl adjacent to an activating group) is 1. The Hall–Kier alpha value is -3.19. The largest absolute Gasteiger partial charge is 0.489 e. The Balaban J connectivity index is 1.51. The molecule has 1 fully saturated rings. The normalized spacial score (nSPS) is 14.0. The summed E-state index contributed by atoms with van der Waals surface area (Å²) >= 11 is 12.7. The van der Waals surface area contributed by atoms with Gasteiger partial charge in [0.15, 0.2) is 11.5 Å². The number of carbonyl (C=O) groups excluding carboxylic acids is 1. The van der Waals surface area contributed by atoms with Crippen molar-refractivity contribution < 1.29 is 36.2 Å². The zero-order chi connectivity index (χ0) is 31.1. The van der Waals surface area contributed by atoms with Crippen LogP contribution in [0.5, 0.6) is 11.5 Å². The summed E-state index contributed by atoms with van der Waals surface area (Å²) < 4.78 is 67.8. The Labute approximate surface area is 259 Å². The number of nitrogens with one attached hydrogen (secondary N) is 1. The molecule has 1 saturated carbocycles. The molecule has 4 rings (SSSR count). The number of hydrogen-bond acceptors (Lipinski definition) is 8. The molecule has 9 nitrogen and oxygen atoms in total. The van der Waals surface area contributed by atoms with Gasteiger partial charge in [0, 0.05) is 31.0 Å². The van der Waals surface area contributed by atoms with Gasteiger partial charge in [0.25, 0.3) is 0 Å². The Morgan fingerprint density at radius 2 is 1.77 bits per heavy atom. The molecule has 0 aliphatic heterocycles. The van der Waals surface area contributed by atoms with Gasteiger partial charge in [-0.25, -0.2) is 8.42 Å². The van der Waals surface area contributed by atoms with Gasteiger partial charge in [0.05, 0.1) is 29.5 Å². The van der Waals surface area contributed by atoms with Crippen LogP contribution in [0.3, 0.4) is 0 Å². The number of pyridine rings is 1. The molecular weight excluding hydrogens is 627 g/mol. The lowest BCUT2D eigenvalue weighted by Gasteiger charge is -2.23. The van der Waals surface area contributed by atoms with E-state index in [1.165, 1.54) is 30.6 Å². The third kappa shape index (κ3) is 10.5. The van der Waals surface area contributed by atoms with Crippen molar-refractivity contribution >= 4 is 44.9 Å². The van der Waals surface area contributed by atoms with E-state index >= 15 is 0 Å². The SMILES string of the molecule is CN(CC(=O)O[C@@H](Cc1c(Cl)cncc1Cl)c1ccc(OC(F)F)c(OCC2CC2)c1)Cc1ccc(NS(C)(=O)=O)cc1. The molecule has 2 aromatic carbocycles. The van der Waals surface area contributed by atoms with E-state index in [0.29, 0.717) is 35.9 Å². The Morgan fingerprint density at radius 1 is 1.09 bits per heavy atom. The van der Waals surface area contributed by atoms with Gasteiger partial charge in [-0.1, -0.05) is 41.4 Å². The van der Waals surface area contributed by atoms with Crippen molar-refractivity contribution in [3.8, 4) is 11.5 Å². The van der Waals surface area contributed by atoms with E-state index in [1.807, 2.05) is 0 Å². The molecule has 1 aliphatic carbocycles. The summed E-state index contributed by atoms with van der Waals surface area (Å²) in [7, 11) is -1.66. The Kier molecular flexibility index (Phi) is 11.0. The number of aromatic nitrogens is 1. The summed E-state index contributed by atoms with van der Waals surface area (Å²) in [5.41, 5.74) is 2.24. The standard InChI is InChI=1S/C29H31Cl2F2N3O6S/c1-36(15-18-5-8-21(9-6-18)35-43(2,38)39)16-28(37)41-26(12-22-23(30)13-34-14-24(22)31)20-7-10-25(42-29(32)33)27(11-20)40-17-19-3-4-19/h5-11,13-14,19,26,29,35H,3-4,12,15-17H2,1-2H3/t26-/m0/s1. The molecule has 43 heavy (non-hydrogen) atoms. The topological polar surface area (TPSA) is 107 Å². The third-order valence-electron chi connectivity index (χ3n) is 6.45. The number of sulfonamides is 1. The van der Waals surface area contributed by atoms with E-state index in [4.69, 9.17) is 32.7 Å². The average Bonchev–Trinajstić information content (AvgIpc) is 3.74. The fourth-order valence-electron chi connectivity index (χ4n) is 4.25. The number of hydrogen-bond donors (Lipinski definition) is 1. The Bertz CT molecular complexity index is 1500. The number of ether oxygens (including phenoxy) is 3. The van der Waals surface area contributed by atoms with Gasteiger partial charge >= 0.3 is 12.6 Å². The summed E-state index contributed by atoms with van der Waals surface area (Å²) in [5, 5.41) is 0.560. The predicted octanol–water partition coefficient (Wildman–Crippen LogP) is 6.11. The van der Waals surface area contributed by atoms with Crippen LogP contribution in [0.25, 0.3) is 0 Å². The van der Waals surface area contributed by atoms with Crippen molar-refractivity contribution in [3.63, 3.8) is 0 Å². The maximum absolute atomic E-state index is 13.1. The third-order valence-corrected chi connectivity index (χ3v) is 7.71. The average molecular weight is 659 g/mol. The molecule has 0 amide bonds. The first-order valence-corrected chi connectivity index (χ1v) is 15.9. The molecule has 1 aromatic heterocycles. The van der Waals surface area contributed by atoms with E-state index in [1.54, 1.807) is 36.2 Å². The van der Waals surface area contributed by atoms with E-state index in [2.05, 4.69) is 14.4 Å². The van der Waals surface area contributed by atoms with Gasteiger partial charge in [0.1, 0.15) is 6.10 Å². The van der Waals surface area contributed by atoms with Crippen molar-refractivity contribution in [1.29, 1.82) is 0 Å². The maximum atomic E-state index is 13.1. The first-order chi connectivity index (χ1) is 20.4. The number of halogens is 4. The molecular formula is C29H31Cl2F2N3O6S. The quantitative estimate of drug-likeness (QED) is 0.195. The van der Waals surface area contributed by atoms with Crippen LogP contribution >= 0.6 is 23.2 Å². The van der Waals surface area contributed by atoms with Gasteiger partial charge in [-0.15, -0.1) is 0 Å². The molecule has 1 N–H and O–H groups in total. The van der Waals surface area contributed by atoms with Gasteiger partial charge in [-0.05, 0) is 66.8 Å². The first-order valence-electron chi connectivity index (χ1n) is 13.3. The first kappa shape index (κ1) is 32.7. The second-order valence-electron chi connectivity index (χ2n) is 10.3. The fourth-order valence-corrected chi connectivity index (χ4v) is 5.33. The van der Waals surface area contributed by atoms with Crippen LogP contribution in [0.2, 0.25) is 10.0 Å². The maximum Gasteiger partial charge on any atom is 0.387 e. The summed E-state index contributed by atoms with van der Waals surface area (Å²) in [6.45, 7) is -2.40. The molecule has 3 aromatic rings. The molecule has 0 unspecified atom stereocenters. The monoisotopic (exact) mass is 657 g/mol. The lowest BCUT2D eigenvalue weighted by Crippen LogP contribution is -2.28. The number of rotatable bonds is 15. The molecule has 14 heteroatoms. The summed E-state index contributed by atoms with van der Waals surface area (Å²) in [6, 6.07) is 11.2. The number of anilines is 1. The second kappa shape index (κ2) is 14.5. The second-order valence-corrected chi connectivity index (χ2v) is 12.9. The van der Waals surface area contributed by atoms with Crippen molar-refractivity contribution in [2.24, 2.45) is 5.92 Å². The number of esters is 1. The van der Waals surface area contributed by atoms with E-state index in [9.17, 15) is 22.0 Å². The van der Waals surface area contributed by atoms with Crippen LogP contribution in [-0.2, 0) is 32.5 Å². The highest BCUT2D eigenvalue weighted by Crippen LogP contribution is 2.38. The fraction of sp³-hybridized carbons (Fsp3) is 0.379. The summed E-state index contributed by atoms with van der Waals surface area (Å²) in [6.07, 6.45) is 5.10. The molecule has 0 saturated heterocycles. The minimum atomic E-state index is -3.40. The van der Waals surface area contributed by atoms with E-state index in [0.717, 1.165) is 24.7 Å². The van der Waals surface area contributed by atoms with Crippen molar-refractivity contribution in [3.05, 3.63) is 81.6 Å². The smallest absolute Gasteiger partial charge is 0.387 e. The Morgan fingerprint density at radius 3 is 2.37 bits per heavy atom. The highest BCUT2D eigenvalue weighted by molar-refractivity contribution is 7.92. The van der Waals surface area contributed by atoms with Crippen molar-refractivity contribution in [2.45, 2.75) is 38.5 Å². The van der Waals surface area contributed by atoms with Crippen LogP contribution in [0.1, 0.15) is 35.6 Å². The van der Waals surface area contributed by atoms with Gasteiger partial charge in [-0.2, -0.15) is 8.78 Å². The van der Waals surface area contributed by atoms with Crippen LogP contribution < -0.4 is 14.2 Å². The molecule has 0 spiro atoms. The highest BCUT2D eigenvalue weighted by atomic mass is 35.5. The molecule has 1 atom stereocenters. The zero-order valence-electron chi connectivity index (χ0n) is 23.4. The van der Waals surface area contributed by atoms with Crippen LogP contribution in [0.15, 0.2) is 54.9 Å². The molecule has 0 bridgehead atoms. The lowest BCUT2D eigenvalue weighted by atomic mass is 10.0. The molecule has 1 heterocycles. The van der Waals surface area contributed by atoms with Gasteiger partial charge < -0.3 is 14.2 Å². The number of carbonyl (C=O) groups is 1. The van der Waals surface area contributed by atoms with Gasteiger partial charge in [-0.3, -0.25) is 19.4 Å². The summed E-state index contributed by atoms with van der Waals surface area (Å²) in [5.74, 6) is -0.211. The number of nitrogens with zero attached hydrogens (tertiary/aromatic N) is 2. The number of alkyl halides is 2. The van der Waals surface area contributed by atoms with Crippen LogP contribution in [0, 0.1) is 5.92 Å². The van der Waals surface area contributed by atoms with Crippen LogP contribution in [0.4, 0.5) is 14.5 Å². The zero-order valence-corrected chi connectivity index (χ0v) is 25.8. The molecule has 0 radical (unpaired) electrons. The lowest BCUT2D eigenvalue weighted by molar-refractivity contribution is -0.150. The minimum absolute atomic E-state index is 0.0849. The summed E-state index contributed by atoms with van der Waals surface area (Å²) in [4.78, 5) is 18.8. The van der Waals surface area contributed by atoms with E-state index < -0.39 is 28.7 Å². The molecule has 232 valence electrons. The minimum Gasteiger partial charge on any atom is -0.489 e. The van der Waals surface area contributed by atoms with E-state index in [-0.39, 0.29) is 34.5 Å². The van der Waals surface area contributed by atoms with Crippen molar-refractivity contribution in [1.82, 2.24) is 9.88 Å². The van der Waals surface area contributed by atoms with Crippen molar-refractivity contribution in [2.75, 3.05) is 31.2 Å². The molecule has 1 aliphatic rings. The number of benzene rings is 2.